The zero-order valence-corrected chi connectivity index (χ0v) is 24.9. The van der Waals surface area contributed by atoms with E-state index in [0.717, 1.165) is 21.9 Å². The number of likely N-dealkylation sites (N-methyl/N-ethyl adjacent to an activating group) is 1. The molecule has 3 atom stereocenters. The maximum atomic E-state index is 14.0. The van der Waals surface area contributed by atoms with Crippen LogP contribution >= 0.6 is 11.6 Å². The molecule has 1 unspecified atom stereocenters. The van der Waals surface area contributed by atoms with Gasteiger partial charge in [0.15, 0.2) is 0 Å². The first-order valence-corrected chi connectivity index (χ1v) is 14.4. The smallest absolute Gasteiger partial charge is 0.416 e. The summed E-state index contributed by atoms with van der Waals surface area (Å²) >= 11 is 6.71. The van der Waals surface area contributed by atoms with Crippen molar-refractivity contribution in [1.29, 1.82) is 0 Å². The van der Waals surface area contributed by atoms with Crippen molar-refractivity contribution in [2.75, 3.05) is 34.9 Å². The maximum absolute atomic E-state index is 14.0. The van der Waals surface area contributed by atoms with Gasteiger partial charge in [-0.05, 0) is 48.4 Å². The van der Waals surface area contributed by atoms with E-state index in [9.17, 15) is 37.8 Å². The molecule has 1 aromatic carbocycles. The zero-order chi connectivity index (χ0) is 32.4. The number of carbonyl (C=O) groups is 3. The Labute approximate surface area is 260 Å². The number of aliphatic hydroxyl groups excluding tert-OH is 1. The number of carbonyl (C=O) groups excluding carboxylic acids is 2. The third kappa shape index (κ3) is 5.31. The molecule has 3 aliphatic heterocycles. The van der Waals surface area contributed by atoms with Crippen LogP contribution in [0.4, 0.5) is 35.2 Å². The van der Waals surface area contributed by atoms with E-state index in [1.807, 2.05) is 4.90 Å². The lowest BCUT2D eigenvalue weighted by Crippen LogP contribution is -2.52. The van der Waals surface area contributed by atoms with E-state index in [-0.39, 0.29) is 37.6 Å². The fourth-order valence-corrected chi connectivity index (χ4v) is 6.83. The summed E-state index contributed by atoms with van der Waals surface area (Å²) in [7, 11) is 1.52. The second kappa shape index (κ2) is 11.2. The van der Waals surface area contributed by atoms with Gasteiger partial charge in [-0.15, -0.1) is 0 Å². The van der Waals surface area contributed by atoms with Crippen molar-refractivity contribution < 1.29 is 37.8 Å². The van der Waals surface area contributed by atoms with Crippen LogP contribution in [0, 0.1) is 12.8 Å². The van der Waals surface area contributed by atoms with Crippen LogP contribution in [0.3, 0.4) is 0 Å². The Morgan fingerprint density at radius 2 is 1.93 bits per heavy atom. The van der Waals surface area contributed by atoms with Crippen LogP contribution in [0.5, 0.6) is 0 Å². The van der Waals surface area contributed by atoms with Gasteiger partial charge in [-0.25, -0.2) is 9.78 Å². The number of benzene rings is 1. The Kier molecular flexibility index (Phi) is 7.60. The van der Waals surface area contributed by atoms with Crippen LogP contribution in [0.25, 0.3) is 0 Å². The molecule has 15 heteroatoms. The Morgan fingerprint density at radius 3 is 2.62 bits per heavy atom. The average Bonchev–Trinajstić information content (AvgIpc) is 3.51. The van der Waals surface area contributed by atoms with Crippen molar-refractivity contribution in [2.45, 2.75) is 44.7 Å². The molecule has 0 saturated carbocycles. The van der Waals surface area contributed by atoms with Crippen molar-refractivity contribution in [2.24, 2.45) is 5.92 Å². The van der Waals surface area contributed by atoms with Crippen molar-refractivity contribution >= 4 is 46.7 Å². The number of carboxylic acid groups (broad SMARTS) is 1. The molecular formula is C30H28ClF3N6O5. The van der Waals surface area contributed by atoms with Crippen LogP contribution < -0.4 is 14.7 Å². The number of aromatic nitrogens is 2. The van der Waals surface area contributed by atoms with E-state index in [4.69, 9.17) is 11.6 Å². The number of nitrogens with zero attached hydrogens (tertiary/aromatic N) is 6. The lowest BCUT2D eigenvalue weighted by atomic mass is 9.95. The molecule has 0 radical (unpaired) electrons. The molecule has 0 aliphatic carbocycles. The van der Waals surface area contributed by atoms with Gasteiger partial charge < -0.3 is 20.0 Å². The fourth-order valence-electron chi connectivity index (χ4n) is 6.54. The summed E-state index contributed by atoms with van der Waals surface area (Å²) in [4.78, 5) is 53.4. The molecule has 45 heavy (non-hydrogen) atoms. The number of rotatable bonds is 4. The highest BCUT2D eigenvalue weighted by molar-refractivity contribution is 6.34. The number of alkyl halides is 3. The van der Waals surface area contributed by atoms with E-state index >= 15 is 0 Å². The molecule has 0 bridgehead atoms. The van der Waals surface area contributed by atoms with E-state index in [1.54, 1.807) is 30.5 Å². The predicted molar refractivity (Wildman–Crippen MR) is 157 cm³/mol. The standard InChI is InChI=1S/C30H28ClF3N6O5/c1-15-6-19(30(32,33)34)9-23(36-15)40-24(42)8-18-12-38(27-20(31)4-3-5-21(27)37(2)28(43)26(18)40)11-16-7-17-13-39(29(44)45)22(14-41)25(17)35-10-16/h3-7,9-10,18,22,26,41H,8,11-14H2,1-2H3,(H,44,45)/t18-,22?,26+/m1/s1. The highest BCUT2D eigenvalue weighted by Gasteiger charge is 2.49. The minimum absolute atomic E-state index is 0.0445. The highest BCUT2D eigenvalue weighted by Crippen LogP contribution is 2.44. The van der Waals surface area contributed by atoms with E-state index in [2.05, 4.69) is 9.97 Å². The molecule has 2 aromatic heterocycles. The minimum atomic E-state index is -4.68. The summed E-state index contributed by atoms with van der Waals surface area (Å²) in [6, 6.07) is 6.59. The number of aliphatic hydroxyl groups is 1. The molecule has 5 heterocycles. The van der Waals surface area contributed by atoms with Gasteiger partial charge in [0, 0.05) is 44.4 Å². The molecule has 3 amide bonds. The van der Waals surface area contributed by atoms with Crippen LogP contribution in [-0.2, 0) is 28.9 Å². The van der Waals surface area contributed by atoms with Gasteiger partial charge >= 0.3 is 12.3 Å². The first kappa shape index (κ1) is 30.6. The van der Waals surface area contributed by atoms with Gasteiger partial charge in [0.1, 0.15) is 17.9 Å². The molecule has 1 saturated heterocycles. The first-order valence-electron chi connectivity index (χ1n) is 14.1. The summed E-state index contributed by atoms with van der Waals surface area (Å²) in [5.41, 5.74) is 1.82. The molecule has 3 aliphatic rings. The maximum Gasteiger partial charge on any atom is 0.416 e. The highest BCUT2D eigenvalue weighted by atomic mass is 35.5. The van der Waals surface area contributed by atoms with E-state index in [1.165, 1.54) is 18.9 Å². The Hall–Kier alpha value is -4.43. The number of hydrogen-bond donors (Lipinski definition) is 2. The zero-order valence-electron chi connectivity index (χ0n) is 24.1. The predicted octanol–water partition coefficient (Wildman–Crippen LogP) is 4.39. The van der Waals surface area contributed by atoms with Gasteiger partial charge in [0.05, 0.1) is 40.8 Å². The summed E-state index contributed by atoms with van der Waals surface area (Å²) in [5.74, 6) is -1.91. The van der Waals surface area contributed by atoms with Crippen molar-refractivity contribution in [1.82, 2.24) is 14.9 Å². The van der Waals surface area contributed by atoms with E-state index < -0.39 is 54.3 Å². The van der Waals surface area contributed by atoms with Gasteiger partial charge in [-0.1, -0.05) is 17.7 Å². The monoisotopic (exact) mass is 644 g/mol. The van der Waals surface area contributed by atoms with Crippen LogP contribution in [0.1, 0.15) is 40.5 Å². The number of para-hydroxylation sites is 1. The second-order valence-corrected chi connectivity index (χ2v) is 11.8. The normalized spacial score (nSPS) is 21.4. The van der Waals surface area contributed by atoms with Gasteiger partial charge in [0.2, 0.25) is 11.8 Å². The summed E-state index contributed by atoms with van der Waals surface area (Å²) < 4.78 is 41.1. The minimum Gasteiger partial charge on any atom is -0.465 e. The number of pyridine rings is 2. The molecule has 236 valence electrons. The Morgan fingerprint density at radius 1 is 1.18 bits per heavy atom. The van der Waals surface area contributed by atoms with Crippen LogP contribution in [0.15, 0.2) is 42.6 Å². The van der Waals surface area contributed by atoms with Crippen LogP contribution in [-0.4, -0.2) is 69.2 Å². The lowest BCUT2D eigenvalue weighted by molar-refractivity contribution is -0.137. The van der Waals surface area contributed by atoms with Crippen molar-refractivity contribution in [3.8, 4) is 0 Å². The van der Waals surface area contributed by atoms with Crippen LogP contribution in [0.2, 0.25) is 5.02 Å². The number of fused-ring (bicyclic) bond motifs is 3. The summed E-state index contributed by atoms with van der Waals surface area (Å²) in [6.07, 6.45) is -4.40. The number of hydrogen-bond acceptors (Lipinski definition) is 7. The molecule has 11 nitrogen and oxygen atoms in total. The van der Waals surface area contributed by atoms with Gasteiger partial charge in [-0.2, -0.15) is 13.2 Å². The topological polar surface area (TPSA) is 130 Å². The number of anilines is 3. The molecule has 6 rings (SSSR count). The average molecular weight is 645 g/mol. The molecule has 3 aromatic rings. The Bertz CT molecular complexity index is 1720. The van der Waals surface area contributed by atoms with Crippen molar-refractivity contribution in [3.63, 3.8) is 0 Å². The SMILES string of the molecule is Cc1cc(C(F)(F)F)cc(N2C(=O)C[C@@H]3CN(Cc4cnc5c(c4)CN(C(=O)O)C5CO)c4c(Cl)cccc4N(C)C(=O)[C@H]32)n1. The largest absolute Gasteiger partial charge is 0.465 e. The summed E-state index contributed by atoms with van der Waals surface area (Å²) in [5, 5.41) is 19.7. The number of halogens is 4. The van der Waals surface area contributed by atoms with E-state index in [0.29, 0.717) is 33.2 Å². The molecule has 0 spiro atoms. The fraction of sp³-hybridized carbons (Fsp3) is 0.367. The lowest BCUT2D eigenvalue weighted by Gasteiger charge is -2.39. The van der Waals surface area contributed by atoms with Crippen molar-refractivity contribution in [3.05, 3.63) is 75.7 Å². The molecule has 2 N–H and O–H groups in total. The quantitative estimate of drug-likeness (QED) is 0.428. The Balaban J connectivity index is 1.40. The third-order valence-electron chi connectivity index (χ3n) is 8.51. The third-order valence-corrected chi connectivity index (χ3v) is 8.81. The number of amides is 3. The van der Waals surface area contributed by atoms with Gasteiger partial charge in [0.25, 0.3) is 0 Å². The number of aryl methyl sites for hydroxylation is 1. The van der Waals surface area contributed by atoms with Gasteiger partial charge in [-0.3, -0.25) is 24.4 Å². The molecular weight excluding hydrogens is 617 g/mol. The molecule has 1 fully saturated rings. The second-order valence-electron chi connectivity index (χ2n) is 11.4. The first-order chi connectivity index (χ1) is 21.3. The summed E-state index contributed by atoms with van der Waals surface area (Å²) in [6.45, 7) is 1.36.